The molecule has 2 fully saturated rings. The smallest absolute Gasteiger partial charge is 0.319 e. The molecule has 2 bridgehead atoms. The van der Waals surface area contributed by atoms with Crippen LogP contribution >= 0.6 is 11.6 Å². The van der Waals surface area contributed by atoms with Crippen LogP contribution in [0.25, 0.3) is 32.9 Å². The van der Waals surface area contributed by atoms with Crippen molar-refractivity contribution < 1.29 is 19.0 Å². The number of aromatic hydroxyl groups is 1. The van der Waals surface area contributed by atoms with Gasteiger partial charge in [-0.15, -0.1) is 0 Å². The summed E-state index contributed by atoms with van der Waals surface area (Å²) in [6, 6.07) is 17.0. The van der Waals surface area contributed by atoms with Gasteiger partial charge >= 0.3 is 6.01 Å². The zero-order valence-electron chi connectivity index (χ0n) is 23.3. The monoisotopic (exact) mass is 597 g/mol. The molecule has 2 aromatic heterocycles. The van der Waals surface area contributed by atoms with Gasteiger partial charge in [0.1, 0.15) is 22.8 Å². The number of nitrogens with one attached hydrogen (secondary N) is 1. The number of hydrogen-bond donors (Lipinski definition) is 2. The molecule has 2 aliphatic heterocycles. The van der Waals surface area contributed by atoms with Gasteiger partial charge in [0.2, 0.25) is 0 Å². The van der Waals surface area contributed by atoms with E-state index in [1.54, 1.807) is 24.4 Å². The van der Waals surface area contributed by atoms with Crippen LogP contribution in [0.2, 0.25) is 5.02 Å². The highest BCUT2D eigenvalue weighted by atomic mass is 35.5. The maximum atomic E-state index is 16.5. The SMILES string of the molecule is O=Cc1cc(CCCOc2nc(N3CC4CCC(C3)N4)c3cnc(-c4cccc5cccc(Cl)c45)c(F)c3n2)ccc1O. The summed E-state index contributed by atoms with van der Waals surface area (Å²) in [7, 11) is 0. The van der Waals surface area contributed by atoms with Crippen LogP contribution in [0.15, 0.2) is 60.8 Å². The van der Waals surface area contributed by atoms with Crippen molar-refractivity contribution in [1.82, 2.24) is 20.3 Å². The first-order valence-electron chi connectivity index (χ1n) is 14.4. The molecule has 2 unspecified atom stereocenters. The Hall–Kier alpha value is -4.34. The topological polar surface area (TPSA) is 100 Å². The molecule has 43 heavy (non-hydrogen) atoms. The van der Waals surface area contributed by atoms with Gasteiger partial charge in [-0.25, -0.2) is 4.39 Å². The van der Waals surface area contributed by atoms with Crippen molar-refractivity contribution in [3.05, 3.63) is 82.8 Å². The summed E-state index contributed by atoms with van der Waals surface area (Å²) < 4.78 is 22.5. The lowest BCUT2D eigenvalue weighted by Crippen LogP contribution is -2.51. The number of piperazine rings is 1. The molecule has 0 amide bonds. The van der Waals surface area contributed by atoms with Crippen LogP contribution in [-0.2, 0) is 6.42 Å². The van der Waals surface area contributed by atoms with E-state index in [2.05, 4.69) is 20.2 Å². The van der Waals surface area contributed by atoms with E-state index in [4.69, 9.17) is 21.3 Å². The first-order chi connectivity index (χ1) is 21.0. The zero-order chi connectivity index (χ0) is 29.5. The number of phenolic OH excluding ortho intramolecular Hbond substituents is 1. The second-order valence-electron chi connectivity index (χ2n) is 11.2. The van der Waals surface area contributed by atoms with Crippen molar-refractivity contribution in [1.29, 1.82) is 0 Å². The first-order valence-corrected chi connectivity index (χ1v) is 14.8. The van der Waals surface area contributed by atoms with Crippen molar-refractivity contribution in [2.45, 2.75) is 37.8 Å². The molecule has 10 heteroatoms. The van der Waals surface area contributed by atoms with Gasteiger partial charge in [-0.3, -0.25) is 9.78 Å². The lowest BCUT2D eigenvalue weighted by atomic mass is 10.0. The van der Waals surface area contributed by atoms with E-state index in [9.17, 15) is 9.90 Å². The predicted octanol–water partition coefficient (Wildman–Crippen LogP) is 6.11. The second-order valence-corrected chi connectivity index (χ2v) is 11.6. The van der Waals surface area contributed by atoms with Crippen molar-refractivity contribution in [2.24, 2.45) is 0 Å². The summed E-state index contributed by atoms with van der Waals surface area (Å²) in [5.74, 6) is 0.0126. The summed E-state index contributed by atoms with van der Waals surface area (Å²) in [6.45, 7) is 1.79. The Morgan fingerprint density at radius 1 is 1.09 bits per heavy atom. The van der Waals surface area contributed by atoms with E-state index in [1.807, 2.05) is 30.3 Å². The molecule has 3 aromatic carbocycles. The molecular weight excluding hydrogens is 569 g/mol. The number of aryl methyl sites for hydroxylation is 1. The quantitative estimate of drug-likeness (QED) is 0.163. The van der Waals surface area contributed by atoms with Crippen molar-refractivity contribution in [3.63, 3.8) is 0 Å². The Morgan fingerprint density at radius 3 is 2.67 bits per heavy atom. The minimum atomic E-state index is -0.554. The summed E-state index contributed by atoms with van der Waals surface area (Å²) >= 11 is 6.57. The fraction of sp³-hybridized carbons (Fsp3) is 0.273. The standard InChI is InChI=1S/C33H29ClFN5O3/c34-26-8-2-6-20-5-1-7-24(28(20)26)30-29(35)31-25(15-36-30)32(40-16-22-10-11-23(17-40)37-22)39-33(38-31)43-13-3-4-19-9-12-27(42)21(14-19)18-41/h1-2,5-9,12,14-15,18,22-23,37,42H,3-4,10-11,13,16-17H2. The van der Waals surface area contributed by atoms with Crippen LogP contribution in [0.3, 0.4) is 0 Å². The van der Waals surface area contributed by atoms with Crippen LogP contribution in [0.4, 0.5) is 10.2 Å². The highest BCUT2D eigenvalue weighted by molar-refractivity contribution is 6.36. The molecule has 5 aromatic rings. The molecule has 0 aliphatic carbocycles. The fourth-order valence-electron chi connectivity index (χ4n) is 6.27. The molecule has 7 rings (SSSR count). The molecular formula is C33H29ClFN5O3. The van der Waals surface area contributed by atoms with Gasteiger partial charge in [0.25, 0.3) is 0 Å². The van der Waals surface area contributed by atoms with Gasteiger partial charge in [0, 0.05) is 47.3 Å². The van der Waals surface area contributed by atoms with E-state index >= 15 is 4.39 Å². The van der Waals surface area contributed by atoms with Crippen molar-refractivity contribution >= 4 is 45.4 Å². The number of rotatable bonds is 8. The number of halogens is 2. The average Bonchev–Trinajstić information content (AvgIpc) is 3.36. The Kier molecular flexibility index (Phi) is 7.28. The van der Waals surface area contributed by atoms with Crippen LogP contribution in [0, 0.1) is 5.82 Å². The maximum absolute atomic E-state index is 16.5. The number of anilines is 1. The lowest BCUT2D eigenvalue weighted by molar-refractivity contribution is 0.112. The minimum Gasteiger partial charge on any atom is -0.507 e. The largest absolute Gasteiger partial charge is 0.507 e. The number of aldehydes is 1. The highest BCUT2D eigenvalue weighted by Crippen LogP contribution is 2.38. The number of benzene rings is 3. The number of hydrogen-bond acceptors (Lipinski definition) is 8. The minimum absolute atomic E-state index is 0.0462. The summed E-state index contributed by atoms with van der Waals surface area (Å²) in [4.78, 5) is 27.3. The molecule has 218 valence electrons. The van der Waals surface area contributed by atoms with E-state index in [0.717, 1.165) is 42.3 Å². The molecule has 2 aliphatic rings. The molecule has 8 nitrogen and oxygen atoms in total. The second kappa shape index (κ2) is 11.4. The fourth-order valence-corrected chi connectivity index (χ4v) is 6.55. The number of phenols is 1. The molecule has 2 saturated heterocycles. The maximum Gasteiger partial charge on any atom is 0.319 e. The van der Waals surface area contributed by atoms with Crippen molar-refractivity contribution in [2.75, 3.05) is 24.6 Å². The van der Waals surface area contributed by atoms with Gasteiger partial charge in [0.05, 0.1) is 17.6 Å². The Bertz CT molecular complexity index is 1850. The molecule has 0 saturated carbocycles. The first kappa shape index (κ1) is 27.5. The van der Waals surface area contributed by atoms with Crippen molar-refractivity contribution in [3.8, 4) is 23.0 Å². The highest BCUT2D eigenvalue weighted by Gasteiger charge is 2.34. The Morgan fingerprint density at radius 2 is 1.88 bits per heavy atom. The number of nitrogens with zero attached hydrogens (tertiary/aromatic N) is 4. The lowest BCUT2D eigenvalue weighted by Gasteiger charge is -2.34. The number of fused-ring (bicyclic) bond motifs is 4. The van der Waals surface area contributed by atoms with E-state index in [-0.39, 0.29) is 35.1 Å². The van der Waals surface area contributed by atoms with Gasteiger partial charge < -0.3 is 20.1 Å². The van der Waals surface area contributed by atoms with Gasteiger partial charge in [-0.05, 0) is 54.8 Å². The molecule has 2 N–H and O–H groups in total. The molecule has 2 atom stereocenters. The third-order valence-electron chi connectivity index (χ3n) is 8.33. The average molecular weight is 598 g/mol. The number of carbonyl (C=O) groups is 1. The van der Waals surface area contributed by atoms with Gasteiger partial charge in [0.15, 0.2) is 12.1 Å². The summed E-state index contributed by atoms with van der Waals surface area (Å²) in [5, 5.41) is 16.1. The van der Waals surface area contributed by atoms with E-state index < -0.39 is 5.82 Å². The third kappa shape index (κ3) is 5.23. The van der Waals surface area contributed by atoms with Gasteiger partial charge in [-0.2, -0.15) is 9.97 Å². The summed E-state index contributed by atoms with van der Waals surface area (Å²) in [5.41, 5.74) is 2.05. The van der Waals surface area contributed by atoms with E-state index in [1.165, 1.54) is 6.07 Å². The van der Waals surface area contributed by atoms with E-state index in [0.29, 0.717) is 53.0 Å². The normalized spacial score (nSPS) is 18.0. The van der Waals surface area contributed by atoms with Crippen LogP contribution in [0.5, 0.6) is 11.8 Å². The Labute approximate surface area is 252 Å². The molecule has 0 spiro atoms. The number of pyridine rings is 1. The number of ether oxygens (including phenoxy) is 1. The van der Waals surface area contributed by atoms with Crippen LogP contribution in [0.1, 0.15) is 35.2 Å². The predicted molar refractivity (Wildman–Crippen MR) is 165 cm³/mol. The van der Waals surface area contributed by atoms with Crippen LogP contribution in [-0.4, -0.2) is 58.1 Å². The Balaban J connectivity index is 1.25. The van der Waals surface area contributed by atoms with Crippen LogP contribution < -0.4 is 15.0 Å². The number of carbonyl (C=O) groups excluding carboxylic acids is 1. The third-order valence-corrected chi connectivity index (χ3v) is 8.64. The summed E-state index contributed by atoms with van der Waals surface area (Å²) in [6.07, 6.45) is 5.70. The molecule has 4 heterocycles. The number of aromatic nitrogens is 3. The zero-order valence-corrected chi connectivity index (χ0v) is 24.0. The van der Waals surface area contributed by atoms with Gasteiger partial charge in [-0.1, -0.05) is 48.0 Å². The molecule has 0 radical (unpaired) electrons.